The Morgan fingerprint density at radius 3 is 2.62 bits per heavy atom. The Labute approximate surface area is 153 Å². The molecule has 0 saturated carbocycles. The lowest BCUT2D eigenvalue weighted by Crippen LogP contribution is -2.26. The Kier molecular flexibility index (Phi) is 4.77. The number of para-hydroxylation sites is 1. The molecule has 2 aliphatic rings. The molecule has 5 heteroatoms. The van der Waals surface area contributed by atoms with Gasteiger partial charge in [-0.25, -0.2) is 0 Å². The van der Waals surface area contributed by atoms with Crippen LogP contribution in [-0.2, 0) is 9.59 Å². The topological polar surface area (TPSA) is 64.4 Å². The summed E-state index contributed by atoms with van der Waals surface area (Å²) >= 11 is 0. The second kappa shape index (κ2) is 7.01. The quantitative estimate of drug-likeness (QED) is 0.784. The van der Waals surface area contributed by atoms with E-state index in [0.717, 1.165) is 34.7 Å². The lowest BCUT2D eigenvalue weighted by atomic mass is 9.96. The van der Waals surface area contributed by atoms with Gasteiger partial charge < -0.3 is 4.90 Å². The van der Waals surface area contributed by atoms with Crippen LogP contribution in [-0.4, -0.2) is 30.3 Å². The summed E-state index contributed by atoms with van der Waals surface area (Å²) in [7, 11) is 1.39. The average Bonchev–Trinajstić information content (AvgIpc) is 2.84. The number of likely N-dealkylation sites (N-methyl/N-ethyl adjacent to an activating group) is 1. The summed E-state index contributed by atoms with van der Waals surface area (Å²) < 4.78 is 0. The highest BCUT2D eigenvalue weighted by atomic mass is 16.2. The number of carbonyl (C=O) groups excluding carboxylic acids is 2. The van der Waals surface area contributed by atoms with Gasteiger partial charge in [0.1, 0.15) is 11.6 Å². The van der Waals surface area contributed by atoms with Crippen LogP contribution in [0.3, 0.4) is 0 Å². The van der Waals surface area contributed by atoms with Crippen molar-refractivity contribution in [2.24, 2.45) is 5.92 Å². The summed E-state index contributed by atoms with van der Waals surface area (Å²) in [6.45, 7) is 5.30. The molecule has 2 aliphatic heterocycles. The number of allylic oxidation sites excluding steroid dienone is 2. The second-order valence-electron chi connectivity index (χ2n) is 6.88. The molecular formula is C21H21N3O2. The fourth-order valence-electron chi connectivity index (χ4n) is 3.09. The van der Waals surface area contributed by atoms with Crippen molar-refractivity contribution in [2.75, 3.05) is 18.5 Å². The van der Waals surface area contributed by atoms with Gasteiger partial charge >= 0.3 is 0 Å². The zero-order valence-corrected chi connectivity index (χ0v) is 15.2. The Hall–Kier alpha value is -3.13. The molecule has 1 aromatic rings. The van der Waals surface area contributed by atoms with Gasteiger partial charge in [-0.05, 0) is 36.1 Å². The summed E-state index contributed by atoms with van der Waals surface area (Å²) in [6, 6.07) is 9.83. The van der Waals surface area contributed by atoms with E-state index < -0.39 is 11.8 Å². The van der Waals surface area contributed by atoms with Crippen molar-refractivity contribution >= 4 is 23.1 Å². The summed E-state index contributed by atoms with van der Waals surface area (Å²) in [4.78, 5) is 27.5. The number of anilines is 1. The molecule has 0 spiro atoms. The van der Waals surface area contributed by atoms with E-state index in [4.69, 9.17) is 0 Å². The van der Waals surface area contributed by atoms with Crippen molar-refractivity contribution in [3.63, 3.8) is 0 Å². The predicted molar refractivity (Wildman–Crippen MR) is 101 cm³/mol. The van der Waals surface area contributed by atoms with Crippen molar-refractivity contribution < 1.29 is 9.59 Å². The molecular weight excluding hydrogens is 326 g/mol. The molecule has 1 aromatic carbocycles. The first-order valence-corrected chi connectivity index (χ1v) is 8.66. The molecule has 0 aliphatic carbocycles. The van der Waals surface area contributed by atoms with E-state index in [1.54, 1.807) is 6.08 Å². The van der Waals surface area contributed by atoms with Crippen LogP contribution in [0.25, 0.3) is 5.57 Å². The third-order valence-corrected chi connectivity index (χ3v) is 4.64. The number of hydrogen-bond acceptors (Lipinski definition) is 4. The number of fused-ring (bicyclic) bond motifs is 1. The van der Waals surface area contributed by atoms with Crippen LogP contribution in [0, 0.1) is 17.2 Å². The minimum atomic E-state index is -0.545. The smallest absolute Gasteiger partial charge is 0.271 e. The maximum atomic E-state index is 12.3. The maximum absolute atomic E-state index is 12.3. The largest absolute Gasteiger partial charge is 0.347 e. The first-order chi connectivity index (χ1) is 12.4. The first-order valence-electron chi connectivity index (χ1n) is 8.66. The predicted octanol–water partition coefficient (Wildman–Crippen LogP) is 3.27. The van der Waals surface area contributed by atoms with Crippen LogP contribution in [0.1, 0.15) is 25.8 Å². The number of nitriles is 1. The third kappa shape index (κ3) is 3.06. The summed E-state index contributed by atoms with van der Waals surface area (Å²) in [6.07, 6.45) is 6.64. The highest BCUT2D eigenvalue weighted by molar-refractivity contribution is 6.23. The molecule has 26 heavy (non-hydrogen) atoms. The molecule has 0 bridgehead atoms. The molecule has 2 amide bonds. The zero-order valence-electron chi connectivity index (χ0n) is 15.2. The van der Waals surface area contributed by atoms with Crippen molar-refractivity contribution in [1.82, 2.24) is 4.90 Å². The third-order valence-electron chi connectivity index (χ3n) is 4.64. The van der Waals surface area contributed by atoms with Crippen LogP contribution in [0.4, 0.5) is 5.69 Å². The molecule has 2 heterocycles. The van der Waals surface area contributed by atoms with Crippen molar-refractivity contribution in [2.45, 2.75) is 20.3 Å². The molecule has 0 N–H and O–H groups in total. The summed E-state index contributed by atoms with van der Waals surface area (Å²) in [5.74, 6) is -0.378. The number of amides is 2. The molecule has 5 nitrogen and oxygen atoms in total. The molecule has 0 aromatic heterocycles. The number of benzene rings is 1. The van der Waals surface area contributed by atoms with E-state index in [0.29, 0.717) is 5.92 Å². The van der Waals surface area contributed by atoms with Crippen LogP contribution in [0.15, 0.2) is 53.8 Å². The molecule has 0 fully saturated rings. The first kappa shape index (κ1) is 17.7. The highest BCUT2D eigenvalue weighted by Gasteiger charge is 2.35. The number of rotatable bonds is 4. The zero-order chi connectivity index (χ0) is 18.8. The normalized spacial score (nSPS) is 18.2. The van der Waals surface area contributed by atoms with Gasteiger partial charge in [0.25, 0.3) is 11.8 Å². The van der Waals surface area contributed by atoms with E-state index in [2.05, 4.69) is 18.7 Å². The number of imide groups is 1. The minimum Gasteiger partial charge on any atom is -0.347 e. The van der Waals surface area contributed by atoms with Gasteiger partial charge in [0.2, 0.25) is 0 Å². The van der Waals surface area contributed by atoms with Crippen molar-refractivity contribution in [3.05, 3.63) is 59.3 Å². The van der Waals surface area contributed by atoms with E-state index in [-0.39, 0.29) is 11.1 Å². The van der Waals surface area contributed by atoms with Crippen LogP contribution in [0.2, 0.25) is 0 Å². The Morgan fingerprint density at radius 1 is 1.19 bits per heavy atom. The summed E-state index contributed by atoms with van der Waals surface area (Å²) in [5.41, 5.74) is 2.92. The van der Waals surface area contributed by atoms with Gasteiger partial charge in [-0.15, -0.1) is 0 Å². The molecule has 132 valence electrons. The number of hydrogen-bond donors (Lipinski definition) is 0. The maximum Gasteiger partial charge on any atom is 0.271 e. The fourth-order valence-corrected chi connectivity index (χ4v) is 3.09. The fraction of sp³-hybridized carbons (Fsp3) is 0.286. The molecule has 0 atom stereocenters. The van der Waals surface area contributed by atoms with E-state index in [9.17, 15) is 14.9 Å². The van der Waals surface area contributed by atoms with E-state index >= 15 is 0 Å². The highest BCUT2D eigenvalue weighted by Crippen LogP contribution is 2.35. The Bertz CT molecular complexity index is 900. The van der Waals surface area contributed by atoms with Crippen LogP contribution in [0.5, 0.6) is 0 Å². The standard InChI is InChI=1S/C21H21N3O2/c1-14(2)8-10-24-11-9-15(16-6-4-5-7-19(16)24)12-17-18(13-22)21(26)23(3)20(17)25/h4-7,9,11-12,14H,8,10H2,1-3H3/b15-12+. The van der Waals surface area contributed by atoms with Gasteiger partial charge in [-0.1, -0.05) is 32.0 Å². The monoisotopic (exact) mass is 347 g/mol. The van der Waals surface area contributed by atoms with Gasteiger partial charge in [0.15, 0.2) is 0 Å². The van der Waals surface area contributed by atoms with Crippen molar-refractivity contribution in [1.29, 1.82) is 5.26 Å². The van der Waals surface area contributed by atoms with Crippen LogP contribution < -0.4 is 4.90 Å². The SMILES string of the molecule is CC(C)CCN1C=C/C(=C\C2=C(C#N)C(=O)N(C)C2=O)c2ccccc21. The second-order valence-corrected chi connectivity index (χ2v) is 6.88. The molecule has 0 unspecified atom stereocenters. The van der Waals surface area contributed by atoms with Crippen molar-refractivity contribution in [3.8, 4) is 6.07 Å². The van der Waals surface area contributed by atoms with Gasteiger partial charge in [-0.2, -0.15) is 5.26 Å². The summed E-state index contributed by atoms with van der Waals surface area (Å²) in [5, 5.41) is 9.27. The van der Waals surface area contributed by atoms with Gasteiger partial charge in [0.05, 0.1) is 5.57 Å². The Morgan fingerprint density at radius 2 is 1.92 bits per heavy atom. The number of nitrogens with zero attached hydrogens (tertiary/aromatic N) is 3. The molecule has 0 radical (unpaired) electrons. The Balaban J connectivity index is 2.03. The molecule has 3 rings (SSSR count). The van der Waals surface area contributed by atoms with E-state index in [1.165, 1.54) is 7.05 Å². The molecule has 0 saturated heterocycles. The lowest BCUT2D eigenvalue weighted by Gasteiger charge is -2.28. The van der Waals surface area contributed by atoms with E-state index in [1.807, 2.05) is 42.6 Å². The van der Waals surface area contributed by atoms with Gasteiger partial charge in [-0.3, -0.25) is 14.5 Å². The lowest BCUT2D eigenvalue weighted by molar-refractivity contribution is -0.135. The average molecular weight is 347 g/mol. The minimum absolute atomic E-state index is 0.0990. The van der Waals surface area contributed by atoms with Crippen LogP contribution >= 0.6 is 0 Å². The van der Waals surface area contributed by atoms with Gasteiger partial charge in [0, 0.05) is 31.0 Å². The number of carbonyl (C=O) groups is 2.